The van der Waals surface area contributed by atoms with Crippen LogP contribution < -0.4 is 9.30 Å². The fourth-order valence-electron chi connectivity index (χ4n) is 9.70. The lowest BCUT2D eigenvalue weighted by molar-refractivity contribution is -0.572. The van der Waals surface area contributed by atoms with Crippen LogP contribution in [0.5, 0.6) is 11.5 Å². The summed E-state index contributed by atoms with van der Waals surface area (Å²) in [4.78, 5) is 5.13. The molecule has 0 aliphatic heterocycles. The van der Waals surface area contributed by atoms with Crippen molar-refractivity contribution in [3.63, 3.8) is 0 Å². The van der Waals surface area contributed by atoms with E-state index in [9.17, 15) is 0 Å². The molecular weight excluding hydrogens is 793 g/mol. The fraction of sp³-hybridized carbons (Fsp3) is 0.200. The van der Waals surface area contributed by atoms with Gasteiger partial charge in [-0.25, -0.2) is 4.98 Å². The molecule has 1 aliphatic rings. The first-order valence-electron chi connectivity index (χ1n) is 22.8. The average molecular weight is 847 g/mol. The smallest absolute Gasteiger partial charge is 0.269 e. The van der Waals surface area contributed by atoms with E-state index in [0.717, 1.165) is 56.3 Å². The van der Waals surface area contributed by atoms with E-state index < -0.39 is 0 Å². The minimum atomic E-state index is -0.152. The van der Waals surface area contributed by atoms with Gasteiger partial charge in [0.05, 0.1) is 33.6 Å². The predicted molar refractivity (Wildman–Crippen MR) is 268 cm³/mol. The molecule has 5 heteroatoms. The summed E-state index contributed by atoms with van der Waals surface area (Å²) in [5, 5.41) is 3.63. The molecule has 5 nitrogen and oxygen atoms in total. The maximum Gasteiger partial charge on any atom is 0.269 e. The number of benzene rings is 7. The number of para-hydroxylation sites is 2. The van der Waals surface area contributed by atoms with Gasteiger partial charge < -0.3 is 4.74 Å². The van der Waals surface area contributed by atoms with Crippen molar-refractivity contribution >= 4 is 32.7 Å². The Hall–Kier alpha value is -7.24. The van der Waals surface area contributed by atoms with Crippen LogP contribution in [0.2, 0.25) is 0 Å². The molecule has 7 aromatic carbocycles. The van der Waals surface area contributed by atoms with Gasteiger partial charge in [0.2, 0.25) is 0 Å². The van der Waals surface area contributed by atoms with E-state index in [-0.39, 0.29) is 16.2 Å². The first-order valence-corrected chi connectivity index (χ1v) is 22.8. The number of aromatic nitrogens is 4. The average Bonchev–Trinajstić information content (AvgIpc) is 3.81. The Labute approximate surface area is 382 Å². The Morgan fingerprint density at radius 1 is 0.523 bits per heavy atom. The molecule has 11 rings (SSSR count). The van der Waals surface area contributed by atoms with Gasteiger partial charge in [0.25, 0.3) is 6.33 Å². The van der Waals surface area contributed by atoms with E-state index >= 15 is 0 Å². The van der Waals surface area contributed by atoms with Crippen molar-refractivity contribution < 1.29 is 9.30 Å². The molecule has 0 amide bonds. The zero-order valence-electron chi connectivity index (χ0n) is 38.8. The molecule has 0 atom stereocenters. The van der Waals surface area contributed by atoms with Gasteiger partial charge in [-0.3, -0.25) is 13.7 Å². The van der Waals surface area contributed by atoms with Crippen molar-refractivity contribution in [2.75, 3.05) is 0 Å². The summed E-state index contributed by atoms with van der Waals surface area (Å²) in [7, 11) is 0. The van der Waals surface area contributed by atoms with Gasteiger partial charge in [-0.2, -0.15) is 0 Å². The monoisotopic (exact) mass is 846 g/mol. The minimum absolute atomic E-state index is 0.0671. The van der Waals surface area contributed by atoms with E-state index in [2.05, 4.69) is 240 Å². The molecule has 0 saturated carbocycles. The predicted octanol–water partition coefficient (Wildman–Crippen LogP) is 15.2. The van der Waals surface area contributed by atoms with E-state index in [4.69, 9.17) is 9.72 Å². The topological polar surface area (TPSA) is 35.9 Å². The number of fused-ring (bicyclic) bond motifs is 8. The van der Waals surface area contributed by atoms with Crippen molar-refractivity contribution in [2.24, 2.45) is 0 Å². The number of ether oxygens (including phenoxy) is 1. The summed E-state index contributed by atoms with van der Waals surface area (Å²) in [5.74, 6) is 2.38. The second kappa shape index (κ2) is 14.6. The third-order valence-electron chi connectivity index (χ3n) is 13.2. The summed E-state index contributed by atoms with van der Waals surface area (Å²) in [6.45, 7) is 20.3. The number of rotatable bonds is 5. The highest BCUT2D eigenvalue weighted by Crippen LogP contribution is 2.52. The molecule has 320 valence electrons. The molecule has 65 heavy (non-hydrogen) atoms. The zero-order chi connectivity index (χ0) is 45.0. The van der Waals surface area contributed by atoms with Gasteiger partial charge in [-0.15, -0.1) is 0 Å². The molecule has 10 aromatic rings. The molecule has 0 spiro atoms. The third-order valence-corrected chi connectivity index (χ3v) is 13.2. The van der Waals surface area contributed by atoms with Gasteiger partial charge in [-0.05, 0) is 115 Å². The molecule has 0 N–H and O–H groups in total. The molecule has 0 fully saturated rings. The van der Waals surface area contributed by atoms with Crippen LogP contribution in [0, 0.1) is 6.33 Å². The SMILES string of the molecule is CC(C)(C)c1ccc(-[n+]2[c-]n(-c3cc(Oc4ccc5c6c(n(-c7cc(C(C)(C)C)ccn7)c5c4)-c4ccccc4-c4cccc5cccc-6c45)cc(C(C)(C)C)c3)c3ccccc32)cc1. The van der Waals surface area contributed by atoms with Gasteiger partial charge in [0, 0.05) is 28.8 Å². The van der Waals surface area contributed by atoms with E-state index in [1.807, 2.05) is 6.20 Å². The van der Waals surface area contributed by atoms with Crippen LogP contribution in [0.25, 0.3) is 83.4 Å². The molecule has 0 bridgehead atoms. The standard InChI is InChI=1S/C60H54N4O/c1-58(2,3)39-24-26-42(27-25-39)62-37-63(52-23-13-12-22-51(52)62)43-32-41(60(7,8)9)33-45(35-43)65-44-28-29-49-53(36-44)64(54-34-40(30-31-61-54)59(4,5)6)57-48-19-11-10-18-46(48)47-20-14-16-38-17-15-21-50(55(38)47)56(49)57/h10-36H,1-9H3. The lowest BCUT2D eigenvalue weighted by Crippen LogP contribution is -2.29. The molecule has 0 unspecified atom stereocenters. The number of pyridine rings is 1. The van der Waals surface area contributed by atoms with Gasteiger partial charge in [0.1, 0.15) is 17.3 Å². The lowest BCUT2D eigenvalue weighted by Gasteiger charge is -2.22. The van der Waals surface area contributed by atoms with Crippen molar-refractivity contribution in [1.82, 2.24) is 14.1 Å². The quantitative estimate of drug-likeness (QED) is 0.128. The third kappa shape index (κ3) is 6.84. The van der Waals surface area contributed by atoms with Crippen LogP contribution in [0.15, 0.2) is 164 Å². The molecule has 0 radical (unpaired) electrons. The molecule has 3 aromatic heterocycles. The van der Waals surface area contributed by atoms with Gasteiger partial charge in [0.15, 0.2) is 0 Å². The zero-order valence-corrected chi connectivity index (χ0v) is 38.8. The molecule has 3 heterocycles. The fourth-order valence-corrected chi connectivity index (χ4v) is 9.70. The van der Waals surface area contributed by atoms with Crippen LogP contribution in [-0.2, 0) is 16.2 Å². The maximum atomic E-state index is 7.07. The highest BCUT2D eigenvalue weighted by molar-refractivity contribution is 6.19. The largest absolute Gasteiger partial charge is 0.458 e. The van der Waals surface area contributed by atoms with Crippen molar-refractivity contribution in [2.45, 2.75) is 78.6 Å². The summed E-state index contributed by atoms with van der Waals surface area (Å²) >= 11 is 0. The van der Waals surface area contributed by atoms with Crippen LogP contribution in [0.3, 0.4) is 0 Å². The van der Waals surface area contributed by atoms with Crippen molar-refractivity contribution in [1.29, 1.82) is 0 Å². The highest BCUT2D eigenvalue weighted by Gasteiger charge is 2.30. The van der Waals surface area contributed by atoms with E-state index in [1.165, 1.54) is 55.3 Å². The van der Waals surface area contributed by atoms with Crippen LogP contribution in [0.1, 0.15) is 79.0 Å². The van der Waals surface area contributed by atoms with Crippen LogP contribution >= 0.6 is 0 Å². The number of nitrogens with zero attached hydrogens (tertiary/aromatic N) is 4. The highest BCUT2D eigenvalue weighted by atomic mass is 16.5. The first kappa shape index (κ1) is 40.5. The minimum Gasteiger partial charge on any atom is -0.458 e. The molecule has 1 aliphatic carbocycles. The number of imidazole rings is 1. The normalized spacial score (nSPS) is 12.7. The van der Waals surface area contributed by atoms with E-state index in [1.54, 1.807) is 0 Å². The number of hydrogen-bond acceptors (Lipinski definition) is 2. The van der Waals surface area contributed by atoms with Gasteiger partial charge >= 0.3 is 0 Å². The Morgan fingerprint density at radius 2 is 1.20 bits per heavy atom. The Balaban J connectivity index is 1.11. The van der Waals surface area contributed by atoms with Crippen molar-refractivity contribution in [3.05, 3.63) is 187 Å². The summed E-state index contributed by atoms with van der Waals surface area (Å²) in [5.41, 5.74) is 15.9. The molecule has 0 saturated heterocycles. The van der Waals surface area contributed by atoms with Crippen molar-refractivity contribution in [3.8, 4) is 62.2 Å². The number of hydrogen-bond donors (Lipinski definition) is 0. The maximum absolute atomic E-state index is 7.07. The van der Waals surface area contributed by atoms with Gasteiger partial charge in [-0.1, -0.05) is 159 Å². The summed E-state index contributed by atoms with van der Waals surface area (Å²) in [6, 6.07) is 57.2. The Bertz CT molecular complexity index is 3500. The molecular formula is C60H54N4O. The second-order valence-corrected chi connectivity index (χ2v) is 20.8. The first-order chi connectivity index (χ1) is 31.1. The Kier molecular flexibility index (Phi) is 9.13. The van der Waals surface area contributed by atoms with Crippen LogP contribution in [0.4, 0.5) is 0 Å². The summed E-state index contributed by atoms with van der Waals surface area (Å²) < 4.78 is 13.8. The lowest BCUT2D eigenvalue weighted by atomic mass is 9.86. The summed E-state index contributed by atoms with van der Waals surface area (Å²) in [6.07, 6.45) is 5.70. The van der Waals surface area contributed by atoms with E-state index in [0.29, 0.717) is 0 Å². The van der Waals surface area contributed by atoms with Crippen LogP contribution in [-0.4, -0.2) is 14.1 Å². The second-order valence-electron chi connectivity index (χ2n) is 20.8. The Morgan fingerprint density at radius 3 is 1.94 bits per heavy atom.